The lowest BCUT2D eigenvalue weighted by Crippen LogP contribution is -2.49. The molecule has 9 nitrogen and oxygen atoms in total. The number of pyridine rings is 1. The Kier molecular flexibility index (Phi) is 7.98. The Morgan fingerprint density at radius 1 is 1.11 bits per heavy atom. The molecule has 0 spiro atoms. The maximum atomic E-state index is 13.6. The molecular formula is C25H34ClN5O4. The van der Waals surface area contributed by atoms with Gasteiger partial charge in [0, 0.05) is 57.9 Å². The third kappa shape index (κ3) is 4.90. The standard InChI is InChI=1S/C25H33N5O4.ClH/c1-33-13-5-8-28-9-11-29(12-10-28)25(32)19-14-18-21(15-22(19)34-2)27-24(31)20-16-26-30(23(18)20)17-6-3-4-7-17;/h14-17H,3-13H2,1-2H3,(H,27,31);1H. The third-order valence-electron chi connectivity index (χ3n) is 7.27. The maximum Gasteiger partial charge on any atom is 0.259 e. The molecule has 0 bridgehead atoms. The van der Waals surface area contributed by atoms with Crippen molar-refractivity contribution in [1.29, 1.82) is 0 Å². The molecule has 1 amide bonds. The molecule has 10 heteroatoms. The second-order valence-corrected chi connectivity index (χ2v) is 9.32. The predicted octanol–water partition coefficient (Wildman–Crippen LogP) is 3.22. The number of ether oxygens (including phenoxy) is 2. The summed E-state index contributed by atoms with van der Waals surface area (Å²) in [5, 5.41) is 5.99. The highest BCUT2D eigenvalue weighted by atomic mass is 35.5. The maximum absolute atomic E-state index is 13.6. The summed E-state index contributed by atoms with van der Waals surface area (Å²) < 4.78 is 12.7. The molecule has 2 aliphatic rings. The number of hydrogen-bond acceptors (Lipinski definition) is 6. The van der Waals surface area contributed by atoms with Crippen molar-refractivity contribution in [2.75, 3.05) is 53.6 Å². The molecule has 1 saturated carbocycles. The Morgan fingerprint density at radius 3 is 2.54 bits per heavy atom. The van der Waals surface area contributed by atoms with Gasteiger partial charge in [-0.1, -0.05) is 12.8 Å². The Bertz CT molecular complexity index is 1240. The molecule has 5 rings (SSSR count). The van der Waals surface area contributed by atoms with Crippen molar-refractivity contribution in [2.45, 2.75) is 38.1 Å². The van der Waals surface area contributed by atoms with E-state index < -0.39 is 0 Å². The number of amides is 1. The summed E-state index contributed by atoms with van der Waals surface area (Å²) >= 11 is 0. The molecule has 2 aromatic heterocycles. The van der Waals surface area contributed by atoms with E-state index in [0.717, 1.165) is 56.4 Å². The molecule has 1 N–H and O–H groups in total. The number of hydrogen-bond donors (Lipinski definition) is 1. The zero-order valence-corrected chi connectivity index (χ0v) is 21.2. The monoisotopic (exact) mass is 503 g/mol. The van der Waals surface area contributed by atoms with Crippen LogP contribution in [0.25, 0.3) is 21.8 Å². The van der Waals surface area contributed by atoms with E-state index in [1.807, 2.05) is 15.6 Å². The molecule has 1 aliphatic heterocycles. The Balaban J connectivity index is 0.00000289. The van der Waals surface area contributed by atoms with Gasteiger partial charge in [0.05, 0.1) is 41.3 Å². The average molecular weight is 504 g/mol. The number of nitrogens with one attached hydrogen (secondary N) is 1. The van der Waals surface area contributed by atoms with Crippen LogP contribution in [-0.4, -0.2) is 84.0 Å². The number of fused-ring (bicyclic) bond motifs is 3. The lowest BCUT2D eigenvalue weighted by atomic mass is 10.1. The van der Waals surface area contributed by atoms with Crippen LogP contribution < -0.4 is 10.3 Å². The van der Waals surface area contributed by atoms with E-state index in [2.05, 4.69) is 15.0 Å². The molecule has 2 fully saturated rings. The first-order valence-electron chi connectivity index (χ1n) is 12.2. The number of benzene rings is 1. The molecule has 1 aromatic carbocycles. The van der Waals surface area contributed by atoms with Crippen molar-refractivity contribution in [3.8, 4) is 5.75 Å². The molecule has 0 radical (unpaired) electrons. The number of H-pyrrole nitrogens is 1. The molecular weight excluding hydrogens is 470 g/mol. The van der Waals surface area contributed by atoms with Crippen molar-refractivity contribution in [3.05, 3.63) is 34.2 Å². The Hall–Kier alpha value is -2.62. The van der Waals surface area contributed by atoms with E-state index >= 15 is 0 Å². The number of aromatic nitrogens is 3. The molecule has 1 saturated heterocycles. The van der Waals surface area contributed by atoms with Gasteiger partial charge in [-0.15, -0.1) is 12.4 Å². The van der Waals surface area contributed by atoms with Crippen LogP contribution in [0, 0.1) is 0 Å². The molecule has 0 atom stereocenters. The summed E-state index contributed by atoms with van der Waals surface area (Å²) in [6.45, 7) is 4.77. The molecule has 3 aromatic rings. The van der Waals surface area contributed by atoms with Gasteiger partial charge in [-0.05, 0) is 25.3 Å². The summed E-state index contributed by atoms with van der Waals surface area (Å²) in [5.74, 6) is 0.434. The van der Waals surface area contributed by atoms with Crippen molar-refractivity contribution >= 4 is 40.1 Å². The van der Waals surface area contributed by atoms with E-state index in [1.165, 1.54) is 12.8 Å². The topological polar surface area (TPSA) is 92.7 Å². The van der Waals surface area contributed by atoms with E-state index in [1.54, 1.807) is 26.5 Å². The van der Waals surface area contributed by atoms with E-state index in [9.17, 15) is 9.59 Å². The van der Waals surface area contributed by atoms with Gasteiger partial charge in [-0.2, -0.15) is 5.10 Å². The Labute approximate surface area is 210 Å². The number of methoxy groups -OCH3 is 2. The van der Waals surface area contributed by atoms with Crippen LogP contribution in [0.3, 0.4) is 0 Å². The summed E-state index contributed by atoms with van der Waals surface area (Å²) in [6, 6.07) is 3.94. The quantitative estimate of drug-likeness (QED) is 0.498. The predicted molar refractivity (Wildman–Crippen MR) is 138 cm³/mol. The van der Waals surface area contributed by atoms with Gasteiger partial charge in [0.25, 0.3) is 11.5 Å². The number of nitrogens with zero attached hydrogens (tertiary/aromatic N) is 4. The summed E-state index contributed by atoms with van der Waals surface area (Å²) in [4.78, 5) is 33.6. The second-order valence-electron chi connectivity index (χ2n) is 9.32. The van der Waals surface area contributed by atoms with Gasteiger partial charge in [0.2, 0.25) is 0 Å². The zero-order chi connectivity index (χ0) is 23.7. The average Bonchev–Trinajstić information content (AvgIpc) is 3.54. The van der Waals surface area contributed by atoms with Crippen LogP contribution in [0.2, 0.25) is 0 Å². The number of carbonyl (C=O) groups is 1. The first-order valence-corrected chi connectivity index (χ1v) is 12.2. The number of halogens is 1. The number of carbonyl (C=O) groups excluding carboxylic acids is 1. The van der Waals surface area contributed by atoms with Crippen molar-refractivity contribution in [1.82, 2.24) is 24.6 Å². The van der Waals surface area contributed by atoms with Crippen LogP contribution in [0.5, 0.6) is 5.75 Å². The van der Waals surface area contributed by atoms with Gasteiger partial charge < -0.3 is 19.4 Å². The molecule has 0 unspecified atom stereocenters. The molecule has 190 valence electrons. The summed E-state index contributed by atoms with van der Waals surface area (Å²) in [7, 11) is 3.28. The molecule has 1 aliphatic carbocycles. The van der Waals surface area contributed by atoms with Gasteiger partial charge in [0.1, 0.15) is 5.75 Å². The number of aromatic amines is 1. The van der Waals surface area contributed by atoms with Crippen LogP contribution >= 0.6 is 12.4 Å². The lowest BCUT2D eigenvalue weighted by molar-refractivity contribution is 0.0621. The SMILES string of the molecule is COCCCN1CCN(C(=O)c2cc3c(cc2OC)[nH]c(=O)c2cnn(C4CCCC4)c23)CC1.Cl. The first kappa shape index (κ1) is 25.5. The Morgan fingerprint density at radius 2 is 1.86 bits per heavy atom. The third-order valence-corrected chi connectivity index (χ3v) is 7.27. The van der Waals surface area contributed by atoms with Gasteiger partial charge >= 0.3 is 0 Å². The van der Waals surface area contributed by atoms with Crippen LogP contribution in [-0.2, 0) is 4.74 Å². The van der Waals surface area contributed by atoms with Crippen LogP contribution in [0.1, 0.15) is 48.5 Å². The minimum Gasteiger partial charge on any atom is -0.496 e. The largest absolute Gasteiger partial charge is 0.496 e. The first-order chi connectivity index (χ1) is 16.6. The number of rotatable bonds is 7. The highest BCUT2D eigenvalue weighted by Gasteiger charge is 2.27. The van der Waals surface area contributed by atoms with Crippen molar-refractivity contribution in [3.63, 3.8) is 0 Å². The van der Waals surface area contributed by atoms with Gasteiger partial charge in [-0.25, -0.2) is 0 Å². The van der Waals surface area contributed by atoms with Gasteiger partial charge in [0.15, 0.2) is 0 Å². The summed E-state index contributed by atoms with van der Waals surface area (Å²) in [5.41, 5.74) is 1.83. The second kappa shape index (κ2) is 11.0. The summed E-state index contributed by atoms with van der Waals surface area (Å²) in [6.07, 6.45) is 7.10. The van der Waals surface area contributed by atoms with E-state index in [-0.39, 0.29) is 29.9 Å². The molecule has 3 heterocycles. The van der Waals surface area contributed by atoms with Crippen molar-refractivity contribution in [2.24, 2.45) is 0 Å². The fraction of sp³-hybridized carbons (Fsp3) is 0.560. The van der Waals surface area contributed by atoms with E-state index in [0.29, 0.717) is 35.3 Å². The zero-order valence-electron chi connectivity index (χ0n) is 20.4. The minimum absolute atomic E-state index is 0. The smallest absolute Gasteiger partial charge is 0.259 e. The highest BCUT2D eigenvalue weighted by molar-refractivity contribution is 6.08. The molecule has 35 heavy (non-hydrogen) atoms. The number of piperazine rings is 1. The normalized spacial score (nSPS) is 17.3. The van der Waals surface area contributed by atoms with Crippen LogP contribution in [0.15, 0.2) is 23.1 Å². The van der Waals surface area contributed by atoms with Crippen molar-refractivity contribution < 1.29 is 14.3 Å². The lowest BCUT2D eigenvalue weighted by Gasteiger charge is -2.35. The fourth-order valence-corrected chi connectivity index (χ4v) is 5.40. The minimum atomic E-state index is -0.169. The highest BCUT2D eigenvalue weighted by Crippen LogP contribution is 2.35. The fourth-order valence-electron chi connectivity index (χ4n) is 5.40. The van der Waals surface area contributed by atoms with E-state index in [4.69, 9.17) is 9.47 Å². The van der Waals surface area contributed by atoms with Crippen LogP contribution in [0.4, 0.5) is 0 Å². The van der Waals surface area contributed by atoms with Gasteiger partial charge in [-0.3, -0.25) is 19.2 Å².